The van der Waals surface area contributed by atoms with Crippen molar-refractivity contribution in [1.29, 1.82) is 0 Å². The zero-order valence-corrected chi connectivity index (χ0v) is 12.3. The van der Waals surface area contributed by atoms with Crippen molar-refractivity contribution >= 4 is 5.91 Å². The zero-order chi connectivity index (χ0) is 15.6. The topological polar surface area (TPSA) is 71.5 Å². The molecule has 0 unspecified atom stereocenters. The quantitative estimate of drug-likeness (QED) is 0.732. The molecule has 0 aliphatic rings. The van der Waals surface area contributed by atoms with E-state index < -0.39 is 0 Å². The van der Waals surface area contributed by atoms with Crippen LogP contribution in [-0.4, -0.2) is 29.2 Å². The van der Waals surface area contributed by atoms with Crippen molar-refractivity contribution in [2.75, 3.05) is 13.2 Å². The first kappa shape index (κ1) is 16.0. The van der Waals surface area contributed by atoms with Crippen molar-refractivity contribution in [3.8, 4) is 5.75 Å². The maximum Gasteiger partial charge on any atom is 0.220 e. The first-order valence-electron chi connectivity index (χ1n) is 7.27. The Hall–Kier alpha value is -2.40. The largest absolute Gasteiger partial charge is 0.492 e. The molecule has 0 aliphatic heterocycles. The SMILES string of the molecule is O=C(CCCOc1cccnc1)N[C@H](CO)c1ccccc1. The number of pyridine rings is 1. The molecule has 2 aromatic rings. The average molecular weight is 300 g/mol. The highest BCUT2D eigenvalue weighted by molar-refractivity contribution is 5.76. The highest BCUT2D eigenvalue weighted by atomic mass is 16.5. The smallest absolute Gasteiger partial charge is 0.220 e. The van der Waals surface area contributed by atoms with Gasteiger partial charge in [-0.15, -0.1) is 0 Å². The summed E-state index contributed by atoms with van der Waals surface area (Å²) in [7, 11) is 0. The molecule has 1 aromatic heterocycles. The lowest BCUT2D eigenvalue weighted by atomic mass is 10.1. The van der Waals surface area contributed by atoms with E-state index in [9.17, 15) is 9.90 Å². The number of hydrogen-bond donors (Lipinski definition) is 2. The van der Waals surface area contributed by atoms with E-state index in [2.05, 4.69) is 10.3 Å². The van der Waals surface area contributed by atoms with Crippen LogP contribution in [0.5, 0.6) is 5.75 Å². The minimum atomic E-state index is -0.368. The lowest BCUT2D eigenvalue weighted by molar-refractivity contribution is -0.122. The maximum absolute atomic E-state index is 11.9. The Bertz CT molecular complexity index is 561. The van der Waals surface area contributed by atoms with Crippen LogP contribution in [0.15, 0.2) is 54.9 Å². The van der Waals surface area contributed by atoms with Crippen molar-refractivity contribution in [3.63, 3.8) is 0 Å². The van der Waals surface area contributed by atoms with Crippen LogP contribution in [0.2, 0.25) is 0 Å². The summed E-state index contributed by atoms with van der Waals surface area (Å²) in [6, 6.07) is 12.7. The van der Waals surface area contributed by atoms with Crippen molar-refractivity contribution in [1.82, 2.24) is 10.3 Å². The number of benzene rings is 1. The van der Waals surface area contributed by atoms with Crippen LogP contribution in [0.4, 0.5) is 0 Å². The summed E-state index contributed by atoms with van der Waals surface area (Å²) in [5.74, 6) is 0.595. The standard InChI is InChI=1S/C17H20N2O3/c20-13-16(14-6-2-1-3-7-14)19-17(21)9-5-11-22-15-8-4-10-18-12-15/h1-4,6-8,10,12,16,20H,5,9,11,13H2,(H,19,21)/t16-/m1/s1. The van der Waals surface area contributed by atoms with Gasteiger partial charge in [0.1, 0.15) is 5.75 Å². The van der Waals surface area contributed by atoms with Crippen LogP contribution >= 0.6 is 0 Å². The van der Waals surface area contributed by atoms with Crippen LogP contribution in [0.25, 0.3) is 0 Å². The van der Waals surface area contributed by atoms with Crippen molar-refractivity contribution < 1.29 is 14.6 Å². The van der Waals surface area contributed by atoms with Gasteiger partial charge < -0.3 is 15.2 Å². The van der Waals surface area contributed by atoms with E-state index in [0.717, 1.165) is 5.56 Å². The van der Waals surface area contributed by atoms with Crippen molar-refractivity contribution in [2.24, 2.45) is 0 Å². The molecule has 0 radical (unpaired) electrons. The van der Waals surface area contributed by atoms with Gasteiger partial charge in [0, 0.05) is 12.6 Å². The third kappa shape index (κ3) is 5.18. The summed E-state index contributed by atoms with van der Waals surface area (Å²) < 4.78 is 5.48. The number of rotatable bonds is 8. The number of amides is 1. The molecule has 1 aromatic carbocycles. The Morgan fingerprint density at radius 3 is 2.73 bits per heavy atom. The monoisotopic (exact) mass is 300 g/mol. The number of carbonyl (C=O) groups is 1. The van der Waals surface area contributed by atoms with E-state index in [1.54, 1.807) is 18.5 Å². The lowest BCUT2D eigenvalue weighted by Crippen LogP contribution is -2.30. The summed E-state index contributed by atoms with van der Waals surface area (Å²) in [4.78, 5) is 15.9. The van der Waals surface area contributed by atoms with E-state index in [4.69, 9.17) is 4.74 Å². The molecule has 0 saturated heterocycles. The number of nitrogens with zero attached hydrogens (tertiary/aromatic N) is 1. The number of aliphatic hydroxyl groups excluding tert-OH is 1. The second-order valence-corrected chi connectivity index (χ2v) is 4.85. The van der Waals surface area contributed by atoms with Crippen LogP contribution in [0, 0.1) is 0 Å². The van der Waals surface area contributed by atoms with Crippen LogP contribution in [0.1, 0.15) is 24.4 Å². The predicted octanol–water partition coefficient (Wildman–Crippen LogP) is 2.09. The molecule has 0 bridgehead atoms. The molecule has 1 heterocycles. The molecule has 116 valence electrons. The summed E-state index contributed by atoms with van der Waals surface area (Å²) in [5, 5.41) is 12.2. The molecule has 0 saturated carbocycles. The number of carbonyl (C=O) groups excluding carboxylic acids is 1. The minimum absolute atomic E-state index is 0.0994. The first-order valence-corrected chi connectivity index (χ1v) is 7.27. The van der Waals surface area contributed by atoms with Crippen LogP contribution < -0.4 is 10.1 Å². The van der Waals surface area contributed by atoms with Gasteiger partial charge in [-0.25, -0.2) is 0 Å². The molecule has 2 rings (SSSR count). The second kappa shape index (κ2) is 8.79. The van der Waals surface area contributed by atoms with Gasteiger partial charge in [0.25, 0.3) is 0 Å². The van der Waals surface area contributed by atoms with Crippen LogP contribution in [-0.2, 0) is 4.79 Å². The number of aromatic nitrogens is 1. The Labute approximate surface area is 130 Å². The van der Waals surface area contributed by atoms with Gasteiger partial charge in [-0.3, -0.25) is 9.78 Å². The third-order valence-corrected chi connectivity index (χ3v) is 3.17. The minimum Gasteiger partial charge on any atom is -0.492 e. The summed E-state index contributed by atoms with van der Waals surface area (Å²) in [5.41, 5.74) is 0.893. The molecule has 0 aliphatic carbocycles. The number of ether oxygens (including phenoxy) is 1. The maximum atomic E-state index is 11.9. The van der Waals surface area contributed by atoms with Gasteiger partial charge in [0.15, 0.2) is 0 Å². The molecule has 0 spiro atoms. The second-order valence-electron chi connectivity index (χ2n) is 4.85. The van der Waals surface area contributed by atoms with E-state index in [1.807, 2.05) is 36.4 Å². The van der Waals surface area contributed by atoms with E-state index in [1.165, 1.54) is 0 Å². The van der Waals surface area contributed by atoms with Gasteiger partial charge >= 0.3 is 0 Å². The molecule has 1 amide bonds. The molecule has 5 heteroatoms. The van der Waals surface area contributed by atoms with E-state index in [-0.39, 0.29) is 18.6 Å². The number of aliphatic hydroxyl groups is 1. The van der Waals surface area contributed by atoms with E-state index >= 15 is 0 Å². The average Bonchev–Trinajstić information content (AvgIpc) is 2.58. The summed E-state index contributed by atoms with van der Waals surface area (Å²) >= 11 is 0. The number of hydrogen-bond acceptors (Lipinski definition) is 4. The highest BCUT2D eigenvalue weighted by Gasteiger charge is 2.12. The van der Waals surface area contributed by atoms with Gasteiger partial charge in [-0.1, -0.05) is 30.3 Å². The molecule has 22 heavy (non-hydrogen) atoms. The fourth-order valence-corrected chi connectivity index (χ4v) is 2.04. The molecule has 0 fully saturated rings. The van der Waals surface area contributed by atoms with E-state index in [0.29, 0.717) is 25.2 Å². The van der Waals surface area contributed by atoms with Crippen molar-refractivity contribution in [3.05, 3.63) is 60.4 Å². The fourth-order valence-electron chi connectivity index (χ4n) is 2.04. The Kier molecular flexibility index (Phi) is 6.39. The van der Waals surface area contributed by atoms with Crippen LogP contribution in [0.3, 0.4) is 0 Å². The lowest BCUT2D eigenvalue weighted by Gasteiger charge is -2.16. The highest BCUT2D eigenvalue weighted by Crippen LogP contribution is 2.12. The summed E-state index contributed by atoms with van der Waals surface area (Å²) in [6.07, 6.45) is 4.27. The molecular formula is C17H20N2O3. The molecule has 2 N–H and O–H groups in total. The zero-order valence-electron chi connectivity index (χ0n) is 12.3. The Morgan fingerprint density at radius 1 is 1.23 bits per heavy atom. The summed E-state index contributed by atoms with van der Waals surface area (Å²) in [6.45, 7) is 0.330. The fraction of sp³-hybridized carbons (Fsp3) is 0.294. The van der Waals surface area contributed by atoms with Gasteiger partial charge in [0.05, 0.1) is 25.5 Å². The third-order valence-electron chi connectivity index (χ3n) is 3.17. The Balaban J connectivity index is 1.71. The predicted molar refractivity (Wildman–Crippen MR) is 83.4 cm³/mol. The molecule has 1 atom stereocenters. The van der Waals surface area contributed by atoms with Crippen molar-refractivity contribution in [2.45, 2.75) is 18.9 Å². The number of nitrogens with one attached hydrogen (secondary N) is 1. The molecule has 5 nitrogen and oxygen atoms in total. The van der Waals surface area contributed by atoms with Gasteiger partial charge in [-0.2, -0.15) is 0 Å². The van der Waals surface area contributed by atoms with Gasteiger partial charge in [0.2, 0.25) is 5.91 Å². The first-order chi connectivity index (χ1) is 10.8. The normalized spacial score (nSPS) is 11.7. The Morgan fingerprint density at radius 2 is 2.05 bits per heavy atom. The van der Waals surface area contributed by atoms with Gasteiger partial charge in [-0.05, 0) is 24.1 Å². The molecular weight excluding hydrogens is 280 g/mol.